The van der Waals surface area contributed by atoms with Crippen LogP contribution in [0.2, 0.25) is 0 Å². The standard InChI is InChI=1S/C28H33N3O2/c1-21-19-30(20-29-21)26-14-13-23(16-27(26)33-4)10-6-5-9-15-31(22(2)32)28(3)17-24-11-7-8-12-25(24)18-28/h6-8,10-14,16,19-20H,5,9,15,17-18H2,1-4H3/b10-6-. The average Bonchev–Trinajstić information content (AvgIpc) is 3.38. The van der Waals surface area contributed by atoms with Crippen molar-refractivity contribution in [3.8, 4) is 11.4 Å². The number of rotatable bonds is 8. The lowest BCUT2D eigenvalue weighted by molar-refractivity contribution is -0.134. The van der Waals surface area contributed by atoms with Crippen molar-refractivity contribution in [2.75, 3.05) is 13.7 Å². The Bertz CT molecular complexity index is 1140. The first-order valence-corrected chi connectivity index (χ1v) is 11.6. The van der Waals surface area contributed by atoms with Crippen LogP contribution < -0.4 is 4.74 Å². The number of benzene rings is 2. The summed E-state index contributed by atoms with van der Waals surface area (Å²) in [5.41, 5.74) is 5.64. The number of hydrogen-bond donors (Lipinski definition) is 0. The van der Waals surface area contributed by atoms with Crippen molar-refractivity contribution in [1.82, 2.24) is 14.5 Å². The van der Waals surface area contributed by atoms with Crippen LogP contribution in [0.25, 0.3) is 11.8 Å². The van der Waals surface area contributed by atoms with Gasteiger partial charge in [0.1, 0.15) is 5.75 Å². The van der Waals surface area contributed by atoms with Gasteiger partial charge in [0, 0.05) is 25.2 Å². The summed E-state index contributed by atoms with van der Waals surface area (Å²) in [5.74, 6) is 0.968. The third kappa shape index (κ3) is 5.03. The van der Waals surface area contributed by atoms with Gasteiger partial charge < -0.3 is 14.2 Å². The number of nitrogens with zero attached hydrogens (tertiary/aromatic N) is 3. The van der Waals surface area contributed by atoms with Gasteiger partial charge in [-0.25, -0.2) is 4.98 Å². The van der Waals surface area contributed by atoms with E-state index in [1.54, 1.807) is 20.4 Å². The van der Waals surface area contributed by atoms with E-state index in [0.29, 0.717) is 0 Å². The Balaban J connectivity index is 1.36. The van der Waals surface area contributed by atoms with Gasteiger partial charge in [0.15, 0.2) is 0 Å². The van der Waals surface area contributed by atoms with Gasteiger partial charge in [0.05, 0.1) is 24.8 Å². The molecule has 33 heavy (non-hydrogen) atoms. The van der Waals surface area contributed by atoms with E-state index in [4.69, 9.17) is 4.74 Å². The number of unbranched alkanes of at least 4 members (excludes halogenated alkanes) is 1. The lowest BCUT2D eigenvalue weighted by Crippen LogP contribution is -2.50. The van der Waals surface area contributed by atoms with Crippen molar-refractivity contribution < 1.29 is 9.53 Å². The number of ether oxygens (including phenoxy) is 1. The molecule has 1 aliphatic rings. The molecule has 0 saturated heterocycles. The van der Waals surface area contributed by atoms with E-state index in [-0.39, 0.29) is 11.4 Å². The van der Waals surface area contributed by atoms with E-state index in [1.165, 1.54) is 11.1 Å². The van der Waals surface area contributed by atoms with Crippen LogP contribution in [0.4, 0.5) is 0 Å². The van der Waals surface area contributed by atoms with Crippen molar-refractivity contribution in [2.24, 2.45) is 0 Å². The van der Waals surface area contributed by atoms with E-state index in [2.05, 4.69) is 65.4 Å². The molecule has 1 aliphatic carbocycles. The molecule has 4 rings (SSSR count). The number of aromatic nitrogens is 2. The molecule has 0 saturated carbocycles. The fourth-order valence-corrected chi connectivity index (χ4v) is 4.93. The molecular formula is C28H33N3O2. The third-order valence-electron chi connectivity index (χ3n) is 6.55. The van der Waals surface area contributed by atoms with E-state index in [9.17, 15) is 4.79 Å². The summed E-state index contributed by atoms with van der Waals surface area (Å²) >= 11 is 0. The summed E-state index contributed by atoms with van der Waals surface area (Å²) in [5, 5.41) is 0. The first-order chi connectivity index (χ1) is 15.9. The maximum absolute atomic E-state index is 12.5. The zero-order chi connectivity index (χ0) is 23.4. The molecule has 3 aromatic rings. The molecule has 1 heterocycles. The number of carbonyl (C=O) groups excluding carboxylic acids is 1. The second kappa shape index (κ2) is 9.65. The molecule has 0 radical (unpaired) electrons. The van der Waals surface area contributed by atoms with Gasteiger partial charge >= 0.3 is 0 Å². The zero-order valence-electron chi connectivity index (χ0n) is 20.0. The van der Waals surface area contributed by atoms with Gasteiger partial charge in [-0.3, -0.25) is 4.79 Å². The van der Waals surface area contributed by atoms with Crippen molar-refractivity contribution in [3.63, 3.8) is 0 Å². The topological polar surface area (TPSA) is 47.4 Å². The Morgan fingerprint density at radius 3 is 2.55 bits per heavy atom. The summed E-state index contributed by atoms with van der Waals surface area (Å²) < 4.78 is 7.58. The molecule has 5 nitrogen and oxygen atoms in total. The molecule has 0 spiro atoms. The van der Waals surface area contributed by atoms with E-state index >= 15 is 0 Å². The third-order valence-corrected chi connectivity index (χ3v) is 6.55. The minimum atomic E-state index is -0.131. The van der Waals surface area contributed by atoms with Crippen LogP contribution in [0.1, 0.15) is 49.1 Å². The number of methoxy groups -OCH3 is 1. The van der Waals surface area contributed by atoms with E-state index < -0.39 is 0 Å². The number of amides is 1. The number of fused-ring (bicyclic) bond motifs is 1. The Kier molecular flexibility index (Phi) is 6.68. The monoisotopic (exact) mass is 443 g/mol. The minimum Gasteiger partial charge on any atom is -0.495 e. The largest absolute Gasteiger partial charge is 0.495 e. The summed E-state index contributed by atoms with van der Waals surface area (Å²) in [6.45, 7) is 6.66. The summed E-state index contributed by atoms with van der Waals surface area (Å²) in [6.07, 6.45) is 11.8. The van der Waals surface area contributed by atoms with Crippen molar-refractivity contribution in [2.45, 2.75) is 52.0 Å². The quantitative estimate of drug-likeness (QED) is 0.439. The normalized spacial score (nSPS) is 14.4. The first-order valence-electron chi connectivity index (χ1n) is 11.6. The van der Waals surface area contributed by atoms with Crippen LogP contribution in [0.15, 0.2) is 61.1 Å². The Labute approximate surface area is 196 Å². The van der Waals surface area contributed by atoms with Gasteiger partial charge in [-0.05, 0) is 68.4 Å². The predicted molar refractivity (Wildman–Crippen MR) is 133 cm³/mol. The molecule has 5 heteroatoms. The molecule has 0 N–H and O–H groups in total. The molecule has 172 valence electrons. The second-order valence-corrected chi connectivity index (χ2v) is 9.19. The fraction of sp³-hybridized carbons (Fsp3) is 0.357. The number of allylic oxidation sites excluding steroid dienone is 1. The molecule has 1 aromatic heterocycles. The van der Waals surface area contributed by atoms with Crippen LogP contribution in [0.5, 0.6) is 5.75 Å². The highest BCUT2D eigenvalue weighted by atomic mass is 16.5. The Morgan fingerprint density at radius 2 is 1.94 bits per heavy atom. The summed E-state index contributed by atoms with van der Waals surface area (Å²) in [7, 11) is 1.69. The first kappa shape index (κ1) is 22.8. The van der Waals surface area contributed by atoms with Gasteiger partial charge in [-0.15, -0.1) is 0 Å². The highest BCUT2D eigenvalue weighted by Gasteiger charge is 2.38. The van der Waals surface area contributed by atoms with Crippen LogP contribution >= 0.6 is 0 Å². The molecule has 0 bridgehead atoms. The molecule has 1 amide bonds. The summed E-state index contributed by atoms with van der Waals surface area (Å²) in [6, 6.07) is 14.7. The van der Waals surface area contributed by atoms with Crippen LogP contribution in [0.3, 0.4) is 0 Å². The smallest absolute Gasteiger partial charge is 0.219 e. The Morgan fingerprint density at radius 1 is 1.21 bits per heavy atom. The number of carbonyl (C=O) groups is 1. The van der Waals surface area contributed by atoms with Crippen molar-refractivity contribution in [1.29, 1.82) is 0 Å². The van der Waals surface area contributed by atoms with Crippen LogP contribution in [-0.4, -0.2) is 39.6 Å². The van der Waals surface area contributed by atoms with Crippen molar-refractivity contribution in [3.05, 3.63) is 83.4 Å². The number of imidazole rings is 1. The zero-order valence-corrected chi connectivity index (χ0v) is 20.0. The fourth-order valence-electron chi connectivity index (χ4n) is 4.93. The van der Waals surface area contributed by atoms with Gasteiger partial charge in [-0.1, -0.05) is 42.5 Å². The molecule has 0 unspecified atom stereocenters. The lowest BCUT2D eigenvalue weighted by Gasteiger charge is -2.38. The molecule has 0 atom stereocenters. The second-order valence-electron chi connectivity index (χ2n) is 9.19. The van der Waals surface area contributed by atoms with Gasteiger partial charge in [0.25, 0.3) is 0 Å². The molecular weight excluding hydrogens is 410 g/mol. The van der Waals surface area contributed by atoms with E-state index in [0.717, 1.165) is 54.9 Å². The maximum atomic E-state index is 12.5. The maximum Gasteiger partial charge on any atom is 0.219 e. The average molecular weight is 444 g/mol. The number of aryl methyl sites for hydroxylation is 1. The molecule has 0 aliphatic heterocycles. The highest BCUT2D eigenvalue weighted by molar-refractivity contribution is 5.74. The van der Waals surface area contributed by atoms with Crippen LogP contribution in [0, 0.1) is 6.92 Å². The van der Waals surface area contributed by atoms with Crippen LogP contribution in [-0.2, 0) is 17.6 Å². The number of hydrogen-bond acceptors (Lipinski definition) is 3. The molecule has 2 aromatic carbocycles. The SMILES string of the molecule is COc1cc(/C=C\CCCN(C(C)=O)C2(C)Cc3ccccc3C2)ccc1-n1cnc(C)c1. The minimum absolute atomic E-state index is 0.131. The summed E-state index contributed by atoms with van der Waals surface area (Å²) in [4.78, 5) is 18.9. The molecule has 0 fully saturated rings. The van der Waals surface area contributed by atoms with E-state index in [1.807, 2.05) is 23.8 Å². The van der Waals surface area contributed by atoms with Crippen molar-refractivity contribution >= 4 is 12.0 Å². The highest BCUT2D eigenvalue weighted by Crippen LogP contribution is 2.34. The Hall–Kier alpha value is -3.34. The lowest BCUT2D eigenvalue weighted by atomic mass is 9.95. The van der Waals surface area contributed by atoms with Gasteiger partial charge in [-0.2, -0.15) is 0 Å². The predicted octanol–water partition coefficient (Wildman–Crippen LogP) is 5.39. The van der Waals surface area contributed by atoms with Gasteiger partial charge in [0.2, 0.25) is 5.91 Å².